The number of allylic oxidation sites excluding steroid dienone is 1. The molecule has 6 aliphatic rings. The van der Waals surface area contributed by atoms with E-state index in [9.17, 15) is 27.6 Å². The fourth-order valence-electron chi connectivity index (χ4n) is 10.0. The molecule has 2 aromatic rings. The van der Waals surface area contributed by atoms with Crippen molar-refractivity contribution in [2.45, 2.75) is 141 Å². The molecule has 2 saturated heterocycles. The third-order valence-corrected chi connectivity index (χ3v) is 17.0. The number of hydrogen-bond acceptors (Lipinski definition) is 12. The molecule has 1 aromatic carbocycles. The van der Waals surface area contributed by atoms with Crippen molar-refractivity contribution in [3.8, 4) is 11.6 Å². The van der Waals surface area contributed by atoms with Gasteiger partial charge in [-0.05, 0) is 100 Å². The van der Waals surface area contributed by atoms with Gasteiger partial charge in [-0.3, -0.25) is 28.8 Å². The molecule has 7 atom stereocenters. The average Bonchev–Trinajstić information content (AvgIpc) is 4.21. The van der Waals surface area contributed by atoms with Gasteiger partial charge >= 0.3 is 5.97 Å². The number of ether oxygens (including phenoxy) is 4. The summed E-state index contributed by atoms with van der Waals surface area (Å²) in [5.41, 5.74) is 0.617. The van der Waals surface area contributed by atoms with E-state index in [4.69, 9.17) is 23.9 Å². The van der Waals surface area contributed by atoms with Crippen molar-refractivity contribution in [2.75, 3.05) is 46.0 Å². The van der Waals surface area contributed by atoms with Gasteiger partial charge in [-0.2, -0.15) is 0 Å². The number of pyridine rings is 1. The van der Waals surface area contributed by atoms with Crippen LogP contribution in [0.2, 0.25) is 0 Å². The van der Waals surface area contributed by atoms with Crippen LogP contribution in [0.3, 0.4) is 0 Å². The van der Waals surface area contributed by atoms with Crippen LogP contribution in [0.4, 0.5) is 0 Å². The number of aromatic nitrogens is 1. The predicted molar refractivity (Wildman–Crippen MR) is 241 cm³/mol. The molecule has 1 aromatic heterocycles. The van der Waals surface area contributed by atoms with E-state index in [-0.39, 0.29) is 55.9 Å². The highest BCUT2D eigenvalue weighted by Crippen LogP contribution is 2.57. The fourth-order valence-corrected chi connectivity index (χ4v) is 11.4. The molecule has 0 radical (unpaired) electrons. The number of ketones is 1. The summed E-state index contributed by atoms with van der Waals surface area (Å²) < 4.78 is 52.9. The number of esters is 1. The van der Waals surface area contributed by atoms with Gasteiger partial charge in [0.05, 0.1) is 66.0 Å². The molecule has 350 valence electrons. The quantitative estimate of drug-likeness (QED) is 0.145. The minimum Gasteiger partial charge on any atom is -0.492 e. The van der Waals surface area contributed by atoms with Gasteiger partial charge in [0.2, 0.25) is 27.7 Å². The van der Waals surface area contributed by atoms with Gasteiger partial charge in [0.25, 0.3) is 0 Å². The molecule has 5 fully saturated rings. The summed E-state index contributed by atoms with van der Waals surface area (Å²) in [7, 11) is -3.97. The number of carbonyl (C=O) groups excluding carboxylic acids is 4. The Bertz CT molecular complexity index is 2250. The summed E-state index contributed by atoms with van der Waals surface area (Å²) >= 11 is 0. The number of nitrogens with zero attached hydrogens (tertiary/aromatic N) is 3. The summed E-state index contributed by atoms with van der Waals surface area (Å²) in [5.74, 6) is -1.68. The van der Waals surface area contributed by atoms with E-state index in [1.807, 2.05) is 33.8 Å². The van der Waals surface area contributed by atoms with E-state index >= 15 is 0 Å². The van der Waals surface area contributed by atoms with Gasteiger partial charge < -0.3 is 23.8 Å². The zero-order chi connectivity index (χ0) is 45.6. The number of rotatable bonds is 12. The predicted octanol–water partition coefficient (Wildman–Crippen LogP) is 6.24. The summed E-state index contributed by atoms with van der Waals surface area (Å²) in [4.78, 5) is 66.3. The second-order valence-corrected chi connectivity index (χ2v) is 23.1. The third-order valence-electron chi connectivity index (χ3n) is 14.9. The highest BCUT2D eigenvalue weighted by Gasteiger charge is 2.62. The Kier molecular flexibility index (Phi) is 13.3. The van der Waals surface area contributed by atoms with Crippen LogP contribution in [-0.4, -0.2) is 116 Å². The first kappa shape index (κ1) is 46.4. The molecule has 64 heavy (non-hydrogen) atoms. The maximum absolute atomic E-state index is 15.0. The standard InChI is InChI=1S/C49H68N4O10S/c1-7-33-28-49(33,46(57)51-64(58,59)48(6)16-17-48)29-40(54)39-26-34-30-53(39)45(56)37(47(3,4)5)27-42(55)63-41-25-32(41)12-9-8-10-13-36-43(61-21-11-18-52-19-22-60-23-20-52)35-15-14-31(2)24-38(35)50-44(36)62-34/h7,14-15,24,32-34,37,39,41H,1,8-13,16-23,25-30H2,2-6H3,(H,51,57)/t32-,33-,34-,37-,39+,41-,49-/m1/s1. The minimum atomic E-state index is -3.97. The zero-order valence-corrected chi connectivity index (χ0v) is 39.3. The minimum absolute atomic E-state index is 0.0428. The Hall–Kier alpha value is -4.08. The molecule has 4 heterocycles. The van der Waals surface area contributed by atoms with Crippen molar-refractivity contribution in [1.29, 1.82) is 0 Å². The fraction of sp³-hybridized carbons (Fsp3) is 0.694. The number of amides is 2. The van der Waals surface area contributed by atoms with Crippen LogP contribution in [-0.2, 0) is 45.1 Å². The van der Waals surface area contributed by atoms with Crippen molar-refractivity contribution >= 4 is 44.5 Å². The van der Waals surface area contributed by atoms with Gasteiger partial charge in [0, 0.05) is 37.9 Å². The van der Waals surface area contributed by atoms with Crippen LogP contribution < -0.4 is 14.2 Å². The highest BCUT2D eigenvalue weighted by molar-refractivity contribution is 7.91. The smallest absolute Gasteiger partial charge is 0.306 e. The molecule has 0 spiro atoms. The van der Waals surface area contributed by atoms with Gasteiger partial charge in [-0.1, -0.05) is 45.8 Å². The van der Waals surface area contributed by atoms with Crippen molar-refractivity contribution in [2.24, 2.45) is 28.6 Å². The number of fused-ring (bicyclic) bond motifs is 5. The zero-order valence-electron chi connectivity index (χ0n) is 38.5. The Morgan fingerprint density at radius 1 is 1.08 bits per heavy atom. The van der Waals surface area contributed by atoms with Crippen molar-refractivity contribution in [3.63, 3.8) is 0 Å². The Morgan fingerprint density at radius 3 is 2.55 bits per heavy atom. The summed E-state index contributed by atoms with van der Waals surface area (Å²) in [6.45, 7) is 17.9. The molecule has 14 nitrogen and oxygen atoms in total. The number of carbonyl (C=O) groups is 4. The highest BCUT2D eigenvalue weighted by atomic mass is 32.2. The number of benzene rings is 1. The van der Waals surface area contributed by atoms with Crippen LogP contribution in [0.5, 0.6) is 11.6 Å². The normalized spacial score (nSPS) is 29.9. The summed E-state index contributed by atoms with van der Waals surface area (Å²) in [6, 6.07) is 5.12. The molecular weight excluding hydrogens is 837 g/mol. The van der Waals surface area contributed by atoms with E-state index in [0.29, 0.717) is 31.7 Å². The Balaban J connectivity index is 1.12. The molecule has 8 rings (SSSR count). The topological polar surface area (TPSA) is 171 Å². The van der Waals surface area contributed by atoms with Crippen molar-refractivity contribution < 1.29 is 46.5 Å². The Labute approximate surface area is 378 Å². The maximum atomic E-state index is 15.0. The molecule has 3 aliphatic heterocycles. The number of sulfonamides is 1. The first-order valence-electron chi connectivity index (χ1n) is 23.7. The van der Waals surface area contributed by atoms with Crippen LogP contribution >= 0.6 is 0 Å². The first-order valence-corrected chi connectivity index (χ1v) is 25.1. The Morgan fingerprint density at radius 2 is 1.84 bits per heavy atom. The van der Waals surface area contributed by atoms with Gasteiger partial charge in [-0.15, -0.1) is 6.58 Å². The monoisotopic (exact) mass is 904 g/mol. The number of hydrogen-bond donors (Lipinski definition) is 1. The molecule has 2 amide bonds. The van der Waals surface area contributed by atoms with Crippen molar-refractivity contribution in [1.82, 2.24) is 19.5 Å². The molecule has 3 saturated carbocycles. The second kappa shape index (κ2) is 18.3. The summed E-state index contributed by atoms with van der Waals surface area (Å²) in [5, 5.41) is 0.899. The second-order valence-electron chi connectivity index (χ2n) is 20.9. The SMILES string of the molecule is C=C[C@@H]1C[C@]1(CC(=O)[C@@H]1C[C@@H]2CN1C(=O)[C@H](C(C)(C)C)CC(=O)O[C@@H]1C[C@H]1CCCCCc1c(nc3cc(C)ccc3c1OCCCN1CCOCC1)O2)C(=O)NS(=O)(=O)C1(C)CC1. The number of morpholine rings is 1. The third kappa shape index (κ3) is 10.0. The summed E-state index contributed by atoms with van der Waals surface area (Å²) in [6.07, 6.45) is 7.62. The van der Waals surface area contributed by atoms with E-state index in [1.54, 1.807) is 13.0 Å². The van der Waals surface area contributed by atoms with Gasteiger partial charge in [-0.25, -0.2) is 13.4 Å². The lowest BCUT2D eigenvalue weighted by Crippen LogP contribution is -2.49. The molecule has 1 N–H and O–H groups in total. The molecule has 0 unspecified atom stereocenters. The lowest BCUT2D eigenvalue weighted by atomic mass is 9.77. The van der Waals surface area contributed by atoms with Crippen LogP contribution in [0, 0.1) is 35.5 Å². The molecule has 3 aliphatic carbocycles. The van der Waals surface area contributed by atoms with E-state index < -0.39 is 61.5 Å². The largest absolute Gasteiger partial charge is 0.492 e. The number of Topliss-reactive ketones (excluding diaryl/α,β-unsaturated/α-hetero) is 1. The lowest BCUT2D eigenvalue weighted by molar-refractivity contribution is -0.154. The van der Waals surface area contributed by atoms with Crippen LogP contribution in [0.1, 0.15) is 116 Å². The van der Waals surface area contributed by atoms with Gasteiger partial charge in [0.15, 0.2) is 5.78 Å². The van der Waals surface area contributed by atoms with Gasteiger partial charge in [0.1, 0.15) is 18.0 Å². The number of aryl methyl sites for hydroxylation is 1. The molecule has 2 bridgehead atoms. The molecule has 15 heteroatoms. The maximum Gasteiger partial charge on any atom is 0.306 e. The van der Waals surface area contributed by atoms with E-state index in [1.165, 1.54) is 4.90 Å². The van der Waals surface area contributed by atoms with Crippen molar-refractivity contribution in [3.05, 3.63) is 42.0 Å². The van der Waals surface area contributed by atoms with Crippen LogP contribution in [0.25, 0.3) is 10.9 Å². The van der Waals surface area contributed by atoms with E-state index in [0.717, 1.165) is 99.2 Å². The first-order chi connectivity index (χ1) is 30.4. The average molecular weight is 905 g/mol. The lowest BCUT2D eigenvalue weighted by Gasteiger charge is -2.34. The van der Waals surface area contributed by atoms with Crippen LogP contribution in [0.15, 0.2) is 30.9 Å². The van der Waals surface area contributed by atoms with E-state index in [2.05, 4.69) is 28.3 Å². The number of nitrogens with one attached hydrogen (secondary N) is 1. The molecular formula is C49H68N4O10S.